The summed E-state index contributed by atoms with van der Waals surface area (Å²) in [7, 11) is 0. The van der Waals surface area contributed by atoms with Gasteiger partial charge in [-0.25, -0.2) is 22.8 Å². The summed E-state index contributed by atoms with van der Waals surface area (Å²) in [5.41, 5.74) is 0.931. The van der Waals surface area contributed by atoms with Crippen LogP contribution in [0.25, 0.3) is 0 Å². The lowest BCUT2D eigenvalue weighted by atomic mass is 10.2. The van der Waals surface area contributed by atoms with Crippen LogP contribution in [0.1, 0.15) is 6.42 Å². The Morgan fingerprint density at radius 2 is 1.50 bits per heavy atom. The molecule has 0 atom stereocenters. The van der Waals surface area contributed by atoms with Crippen LogP contribution < -0.4 is 20.9 Å². The summed E-state index contributed by atoms with van der Waals surface area (Å²) in [6.07, 6.45) is 0.360. The molecule has 32 heavy (non-hydrogen) atoms. The van der Waals surface area contributed by atoms with Gasteiger partial charge in [0.05, 0.1) is 5.69 Å². The first-order chi connectivity index (χ1) is 15.4. The normalized spacial score (nSPS) is 10.3. The molecule has 0 saturated carbocycles. The maximum atomic E-state index is 13.6. The first-order valence-corrected chi connectivity index (χ1v) is 9.81. The number of rotatable bonds is 7. The monoisotopic (exact) mass is 442 g/mol. The number of nitrogens with one attached hydrogen (secondary N) is 3. The van der Waals surface area contributed by atoms with Crippen molar-refractivity contribution >= 4 is 29.1 Å². The van der Waals surface area contributed by atoms with E-state index >= 15 is 0 Å². The van der Waals surface area contributed by atoms with Gasteiger partial charge in [0.15, 0.2) is 0 Å². The maximum Gasteiger partial charge on any atom is 0.326 e. The third-order valence-corrected chi connectivity index (χ3v) is 4.43. The molecule has 166 valence electrons. The summed E-state index contributed by atoms with van der Waals surface area (Å²) in [4.78, 5) is 26.2. The van der Waals surface area contributed by atoms with E-state index in [1.807, 2.05) is 6.07 Å². The number of para-hydroxylation sites is 1. The predicted octanol–water partition coefficient (Wildman–Crippen LogP) is 5.35. The van der Waals surface area contributed by atoms with Crippen LogP contribution in [-0.4, -0.2) is 25.2 Å². The minimum atomic E-state index is -0.889. The van der Waals surface area contributed by atoms with Gasteiger partial charge >= 0.3 is 12.1 Å². The largest absolute Gasteiger partial charge is 0.338 e. The van der Waals surface area contributed by atoms with Crippen LogP contribution >= 0.6 is 0 Å². The number of halogens is 3. The van der Waals surface area contributed by atoms with E-state index in [0.717, 1.165) is 12.1 Å². The van der Waals surface area contributed by atoms with Gasteiger partial charge in [0.2, 0.25) is 0 Å². The van der Waals surface area contributed by atoms with Crippen molar-refractivity contribution in [3.8, 4) is 0 Å². The number of carbonyl (C=O) groups excluding carboxylic acids is 2. The molecule has 3 rings (SSSR count). The van der Waals surface area contributed by atoms with Gasteiger partial charge in [-0.2, -0.15) is 0 Å². The van der Waals surface area contributed by atoms with Gasteiger partial charge in [-0.1, -0.05) is 18.2 Å². The molecule has 6 nitrogen and oxygen atoms in total. The molecule has 0 aliphatic carbocycles. The third-order valence-electron chi connectivity index (χ3n) is 4.43. The molecule has 0 bridgehead atoms. The highest BCUT2D eigenvalue weighted by atomic mass is 19.1. The zero-order valence-electron chi connectivity index (χ0n) is 16.9. The molecule has 0 heterocycles. The Morgan fingerprint density at radius 3 is 2.19 bits per heavy atom. The zero-order valence-corrected chi connectivity index (χ0v) is 16.9. The lowest BCUT2D eigenvalue weighted by Crippen LogP contribution is -2.38. The Hall–Kier alpha value is -4.01. The molecule has 0 saturated heterocycles. The van der Waals surface area contributed by atoms with Crippen LogP contribution in [0.2, 0.25) is 0 Å². The highest BCUT2D eigenvalue weighted by Crippen LogP contribution is 2.18. The fourth-order valence-corrected chi connectivity index (χ4v) is 2.88. The Balaban J connectivity index is 1.56. The third kappa shape index (κ3) is 6.49. The number of benzene rings is 3. The van der Waals surface area contributed by atoms with E-state index in [0.29, 0.717) is 23.9 Å². The fourth-order valence-electron chi connectivity index (χ4n) is 2.88. The quantitative estimate of drug-likeness (QED) is 0.432. The molecule has 0 spiro atoms. The lowest BCUT2D eigenvalue weighted by Gasteiger charge is -2.23. The number of hydrogen-bond acceptors (Lipinski definition) is 2. The first-order valence-electron chi connectivity index (χ1n) is 9.81. The van der Waals surface area contributed by atoms with Gasteiger partial charge in [0, 0.05) is 30.5 Å². The molecule has 0 aliphatic heterocycles. The second-order valence-corrected chi connectivity index (χ2v) is 6.78. The molecule has 9 heteroatoms. The van der Waals surface area contributed by atoms with E-state index in [-0.39, 0.29) is 18.8 Å². The van der Waals surface area contributed by atoms with E-state index in [9.17, 15) is 22.8 Å². The number of urea groups is 2. The summed E-state index contributed by atoms with van der Waals surface area (Å²) in [5, 5.41) is 7.61. The average Bonchev–Trinajstić information content (AvgIpc) is 2.77. The Kier molecular flexibility index (Phi) is 7.69. The van der Waals surface area contributed by atoms with Crippen LogP contribution in [0.3, 0.4) is 0 Å². The summed E-state index contributed by atoms with van der Waals surface area (Å²) >= 11 is 0. The Labute approximate surface area is 183 Å². The SMILES string of the molecule is O=C(NCCCN(C(=O)Nc1ccccc1)c1ccc(F)cc1)Nc1ccc(F)cc1F. The number of carbonyl (C=O) groups is 2. The van der Waals surface area contributed by atoms with Crippen LogP contribution in [-0.2, 0) is 0 Å². The smallest absolute Gasteiger partial charge is 0.326 e. The van der Waals surface area contributed by atoms with Gasteiger partial charge in [-0.3, -0.25) is 4.90 Å². The van der Waals surface area contributed by atoms with E-state index in [1.54, 1.807) is 24.3 Å². The molecule has 3 N–H and O–H groups in total. The maximum absolute atomic E-state index is 13.6. The highest BCUT2D eigenvalue weighted by molar-refractivity contribution is 6.01. The van der Waals surface area contributed by atoms with Gasteiger partial charge in [-0.05, 0) is 55.0 Å². The minimum Gasteiger partial charge on any atom is -0.338 e. The van der Waals surface area contributed by atoms with Crippen LogP contribution in [0, 0.1) is 17.5 Å². The van der Waals surface area contributed by atoms with Crippen molar-refractivity contribution in [3.05, 3.63) is 90.2 Å². The molecule has 0 aliphatic rings. The molecule has 0 unspecified atom stereocenters. The number of amides is 4. The van der Waals surface area contributed by atoms with Crippen molar-refractivity contribution in [2.24, 2.45) is 0 Å². The summed E-state index contributed by atoms with van der Waals surface area (Å²) in [6, 6.07) is 16.1. The van der Waals surface area contributed by atoms with Crippen molar-refractivity contribution in [1.82, 2.24) is 5.32 Å². The zero-order chi connectivity index (χ0) is 22.9. The topological polar surface area (TPSA) is 73.5 Å². The summed E-state index contributed by atoms with van der Waals surface area (Å²) in [6.45, 7) is 0.389. The highest BCUT2D eigenvalue weighted by Gasteiger charge is 2.16. The first kappa shape index (κ1) is 22.7. The van der Waals surface area contributed by atoms with Crippen molar-refractivity contribution < 1.29 is 22.8 Å². The summed E-state index contributed by atoms with van der Waals surface area (Å²) in [5.74, 6) is -2.06. The molecule has 3 aromatic rings. The standard InChI is InChI=1S/C23H21F3N4O2/c24-16-7-10-19(11-8-16)30(23(32)28-18-5-2-1-3-6-18)14-4-13-27-22(31)29-21-12-9-17(25)15-20(21)26/h1-3,5-12,15H,4,13-14H2,(H,28,32)(H2,27,29,31). The predicted molar refractivity (Wildman–Crippen MR) is 117 cm³/mol. The van der Waals surface area contributed by atoms with Gasteiger partial charge in [-0.15, -0.1) is 0 Å². The van der Waals surface area contributed by atoms with Crippen LogP contribution in [0.15, 0.2) is 72.8 Å². The van der Waals surface area contributed by atoms with Gasteiger partial charge in [0.25, 0.3) is 0 Å². The summed E-state index contributed by atoms with van der Waals surface area (Å²) < 4.78 is 39.9. The van der Waals surface area contributed by atoms with Crippen molar-refractivity contribution in [3.63, 3.8) is 0 Å². The van der Waals surface area contributed by atoms with Gasteiger partial charge in [0.1, 0.15) is 17.5 Å². The molecular formula is C23H21F3N4O2. The Morgan fingerprint density at radius 1 is 0.812 bits per heavy atom. The van der Waals surface area contributed by atoms with Crippen molar-refractivity contribution in [2.75, 3.05) is 28.6 Å². The van der Waals surface area contributed by atoms with Gasteiger partial charge < -0.3 is 16.0 Å². The van der Waals surface area contributed by atoms with E-state index in [4.69, 9.17) is 0 Å². The lowest BCUT2D eigenvalue weighted by molar-refractivity contribution is 0.252. The Bertz CT molecular complexity index is 1060. The van der Waals surface area contributed by atoms with E-state index < -0.39 is 29.5 Å². The van der Waals surface area contributed by atoms with E-state index in [2.05, 4.69) is 16.0 Å². The fraction of sp³-hybridized carbons (Fsp3) is 0.130. The van der Waals surface area contributed by atoms with E-state index in [1.165, 1.54) is 29.2 Å². The second kappa shape index (κ2) is 10.9. The molecule has 4 amide bonds. The number of nitrogens with zero attached hydrogens (tertiary/aromatic N) is 1. The minimum absolute atomic E-state index is 0.154. The second-order valence-electron chi connectivity index (χ2n) is 6.78. The van der Waals surface area contributed by atoms with Crippen molar-refractivity contribution in [1.29, 1.82) is 0 Å². The number of hydrogen-bond donors (Lipinski definition) is 3. The number of anilines is 3. The molecule has 0 aromatic heterocycles. The molecule has 0 fully saturated rings. The van der Waals surface area contributed by atoms with Crippen molar-refractivity contribution in [2.45, 2.75) is 6.42 Å². The average molecular weight is 442 g/mol. The van der Waals surface area contributed by atoms with Crippen LogP contribution in [0.5, 0.6) is 0 Å². The molecular weight excluding hydrogens is 421 g/mol. The molecule has 0 radical (unpaired) electrons. The van der Waals surface area contributed by atoms with Crippen LogP contribution in [0.4, 0.5) is 39.8 Å². The molecule has 3 aromatic carbocycles.